The van der Waals surface area contributed by atoms with Gasteiger partial charge in [0.25, 0.3) is 0 Å². The molecule has 0 aromatic heterocycles. The van der Waals surface area contributed by atoms with E-state index in [1.807, 2.05) is 0 Å². The predicted molar refractivity (Wildman–Crippen MR) is 159 cm³/mol. The minimum Gasteiger partial charge on any atom is -1.00 e. The van der Waals surface area contributed by atoms with Crippen LogP contribution in [0, 0.1) is 0 Å². The van der Waals surface area contributed by atoms with Gasteiger partial charge in [-0.05, 0) is 0 Å². The van der Waals surface area contributed by atoms with Gasteiger partial charge in [0, 0.05) is 0 Å². The Kier molecular flexibility index (Phi) is 10.3. The van der Waals surface area contributed by atoms with E-state index < -0.39 is 28.3 Å². The smallest absolute Gasteiger partial charge is 1.00 e. The molecule has 39 heavy (non-hydrogen) atoms. The Bertz CT molecular complexity index is 1480. The molecule has 0 saturated carbocycles. The van der Waals surface area contributed by atoms with E-state index >= 15 is 0 Å². The average Bonchev–Trinajstić information content (AvgIpc) is 3.47. The molecule has 4 aromatic carbocycles. The van der Waals surface area contributed by atoms with Crippen LogP contribution in [0.4, 0.5) is 0 Å². The first-order valence-corrected chi connectivity index (χ1v) is 22.4. The summed E-state index contributed by atoms with van der Waals surface area (Å²) in [7, 11) is 0. The van der Waals surface area contributed by atoms with E-state index in [1.54, 1.807) is 25.5 Å². The van der Waals surface area contributed by atoms with Gasteiger partial charge in [-0.3, -0.25) is 0 Å². The Morgan fingerprint density at radius 1 is 0.769 bits per heavy atom. The summed E-state index contributed by atoms with van der Waals surface area (Å²) in [4.78, 5) is 0. The maximum atomic E-state index is 2.60. The van der Waals surface area contributed by atoms with Crippen LogP contribution in [0.5, 0.6) is 0 Å². The molecule has 0 heterocycles. The molecule has 4 aromatic rings. The van der Waals surface area contributed by atoms with Crippen molar-refractivity contribution in [2.75, 3.05) is 0 Å². The van der Waals surface area contributed by atoms with Crippen molar-refractivity contribution in [1.82, 2.24) is 0 Å². The van der Waals surface area contributed by atoms with Crippen molar-refractivity contribution >= 4 is 15.3 Å². The zero-order valence-electron chi connectivity index (χ0n) is 23.1. The van der Waals surface area contributed by atoms with Crippen molar-refractivity contribution in [3.8, 4) is 22.3 Å². The Morgan fingerprint density at radius 3 is 2.28 bits per heavy atom. The molecule has 6 rings (SSSR count). The van der Waals surface area contributed by atoms with Crippen LogP contribution in [0.15, 0.2) is 90.5 Å². The molecule has 0 nitrogen and oxygen atoms in total. The quantitative estimate of drug-likeness (QED) is 0.180. The van der Waals surface area contributed by atoms with E-state index in [2.05, 4.69) is 111 Å². The van der Waals surface area contributed by atoms with Crippen molar-refractivity contribution < 1.29 is 47.2 Å². The molecule has 1 atom stereocenters. The first kappa shape index (κ1) is 30.3. The van der Waals surface area contributed by atoms with Gasteiger partial charge >= 0.3 is 236 Å². The number of hydrogen-bond donors (Lipinski definition) is 0. The fraction of sp³-hybridized carbons (Fsp3) is 0.257. The van der Waals surface area contributed by atoms with Gasteiger partial charge in [0.05, 0.1) is 0 Å². The number of hydrogen-bond acceptors (Lipinski definition) is 0. The third-order valence-corrected chi connectivity index (χ3v) is 16.6. The molecule has 0 fully saturated rings. The standard InChI is InChI=1S/C33H29.C2H7Si.2ClH.Zr/c1-2-3-5-15-25-22-31-26(23-12-6-4-7-13-23)17-10-19-29(31)33(25)30-20-11-18-28-27-16-9-8-14-24(27)21-32(28)30;1-3-2;;;/h4,6-14,16-19,22,33H,2-3,5,15,21H2,1H3;3H,1-2H3;2*1H;/q;;;;+2/p-2. The van der Waals surface area contributed by atoms with Crippen LogP contribution >= 0.6 is 0 Å². The molecule has 0 spiro atoms. The van der Waals surface area contributed by atoms with Crippen LogP contribution in [0.1, 0.15) is 66.3 Å². The van der Waals surface area contributed by atoms with Gasteiger partial charge in [-0.2, -0.15) is 0 Å². The minimum absolute atomic E-state index is 0. The Morgan fingerprint density at radius 2 is 1.51 bits per heavy atom. The van der Waals surface area contributed by atoms with Gasteiger partial charge in [-0.25, -0.2) is 0 Å². The average molecular weight is 647 g/mol. The maximum absolute atomic E-state index is 2.60. The second-order valence-corrected chi connectivity index (χ2v) is 25.5. The molecule has 0 bridgehead atoms. The molecule has 2 aliphatic rings. The van der Waals surface area contributed by atoms with Gasteiger partial charge in [0.15, 0.2) is 0 Å². The molecule has 0 aliphatic heterocycles. The maximum Gasteiger partial charge on any atom is -1.00 e. The van der Waals surface area contributed by atoms with E-state index in [9.17, 15) is 0 Å². The summed E-state index contributed by atoms with van der Waals surface area (Å²) in [5.74, 6) is -0.193. The molecule has 198 valence electrons. The topological polar surface area (TPSA) is 0 Å². The van der Waals surface area contributed by atoms with Gasteiger partial charge in [-0.1, -0.05) is 0 Å². The van der Waals surface area contributed by atoms with Crippen LogP contribution in [0.2, 0.25) is 13.1 Å². The second-order valence-electron chi connectivity index (χ2n) is 11.0. The molecular weight excluding hydrogens is 611 g/mol. The molecule has 0 N–H and O–H groups in total. The largest absolute Gasteiger partial charge is 1.00 e. The fourth-order valence-electron chi connectivity index (χ4n) is 6.47. The van der Waals surface area contributed by atoms with E-state index in [4.69, 9.17) is 0 Å². The Labute approximate surface area is 259 Å². The minimum atomic E-state index is -0.613. The molecule has 1 unspecified atom stereocenters. The second kappa shape index (κ2) is 13.3. The number of benzene rings is 4. The van der Waals surface area contributed by atoms with Crippen molar-refractivity contribution in [1.29, 1.82) is 0 Å². The zero-order chi connectivity index (χ0) is 25.4. The summed E-state index contributed by atoms with van der Waals surface area (Å²) in [6.07, 6.45) is 8.78. The van der Waals surface area contributed by atoms with Gasteiger partial charge in [0.2, 0.25) is 0 Å². The van der Waals surface area contributed by atoms with E-state index in [0.29, 0.717) is 5.92 Å². The van der Waals surface area contributed by atoms with Crippen LogP contribution < -0.4 is 28.1 Å². The van der Waals surface area contributed by atoms with Gasteiger partial charge in [0.1, 0.15) is 0 Å². The summed E-state index contributed by atoms with van der Waals surface area (Å²) in [5.41, 5.74) is 15.2. The fourth-order valence-corrected chi connectivity index (χ4v) is 14.7. The normalized spacial score (nSPS) is 14.5. The van der Waals surface area contributed by atoms with Crippen LogP contribution in [0.25, 0.3) is 28.3 Å². The number of halogens is 2. The number of rotatable bonds is 8. The summed E-state index contributed by atoms with van der Waals surface area (Å²) in [6.45, 7) is 7.47. The van der Waals surface area contributed by atoms with Crippen molar-refractivity contribution in [2.45, 2.75) is 58.0 Å². The molecule has 0 radical (unpaired) electrons. The molecule has 2 aliphatic carbocycles. The molecule has 0 amide bonds. The molecule has 0 saturated heterocycles. The van der Waals surface area contributed by atoms with Crippen molar-refractivity contribution in [3.05, 3.63) is 118 Å². The van der Waals surface area contributed by atoms with Crippen molar-refractivity contribution in [3.63, 3.8) is 0 Å². The van der Waals surface area contributed by atoms with Gasteiger partial charge in [-0.15, -0.1) is 0 Å². The third kappa shape index (κ3) is 5.87. The summed E-state index contributed by atoms with van der Waals surface area (Å²) < 4.78 is 1.78. The number of allylic oxidation sites excluding steroid dienone is 1. The van der Waals surface area contributed by atoms with E-state index in [-0.39, 0.29) is 24.8 Å². The SMILES string of the molecule is CCCCCC1=Cc2c(-c3ccccc3)cccc2C1c1[c]([Zr+2][SiH](C)C)ccc2c1Cc1ccccc1-2.[Cl-].[Cl-]. The molecule has 4 heteroatoms. The predicted octanol–water partition coefficient (Wildman–Crippen LogP) is 2.73. The summed E-state index contributed by atoms with van der Waals surface area (Å²) in [6, 6.07) is 32.3. The van der Waals surface area contributed by atoms with Crippen molar-refractivity contribution in [2.24, 2.45) is 0 Å². The molecular formula is C35H36Cl2SiZr. The first-order valence-electron chi connectivity index (χ1n) is 14.0. The van der Waals surface area contributed by atoms with E-state index in [1.165, 1.54) is 59.1 Å². The van der Waals surface area contributed by atoms with Gasteiger partial charge < -0.3 is 24.8 Å². The monoisotopic (exact) mass is 644 g/mol. The zero-order valence-corrected chi connectivity index (χ0v) is 28.2. The first-order chi connectivity index (χ1) is 18.2. The Balaban J connectivity index is 0.00000176. The summed E-state index contributed by atoms with van der Waals surface area (Å²) >= 11 is -0.576. The Hall–Kier alpha value is -1.70. The van der Waals surface area contributed by atoms with Crippen LogP contribution in [-0.4, -0.2) is 5.92 Å². The number of unbranched alkanes of at least 4 members (excludes halogenated alkanes) is 2. The summed E-state index contributed by atoms with van der Waals surface area (Å²) in [5, 5.41) is 0. The van der Waals surface area contributed by atoms with E-state index in [0.717, 1.165) is 6.42 Å². The van der Waals surface area contributed by atoms with Crippen LogP contribution in [-0.2, 0) is 28.8 Å². The third-order valence-electron chi connectivity index (χ3n) is 8.07. The van der Waals surface area contributed by atoms with Crippen LogP contribution in [0.3, 0.4) is 0 Å². The number of fused-ring (bicyclic) bond motifs is 4.